The molecule has 2 rings (SSSR count). The third-order valence-corrected chi connectivity index (χ3v) is 4.18. The van der Waals surface area contributed by atoms with Gasteiger partial charge < -0.3 is 4.42 Å². The number of allylic oxidation sites excluding steroid dienone is 3. The van der Waals surface area contributed by atoms with Crippen molar-refractivity contribution in [3.63, 3.8) is 0 Å². The van der Waals surface area contributed by atoms with Crippen molar-refractivity contribution >= 4 is 17.4 Å². The second-order valence-corrected chi connectivity index (χ2v) is 7.18. The molecule has 0 radical (unpaired) electrons. The summed E-state index contributed by atoms with van der Waals surface area (Å²) in [7, 11) is 0. The zero-order valence-electron chi connectivity index (χ0n) is 15.9. The van der Waals surface area contributed by atoms with Gasteiger partial charge in [-0.3, -0.25) is 4.79 Å². The summed E-state index contributed by atoms with van der Waals surface area (Å²) in [4.78, 5) is 12.2. The van der Waals surface area contributed by atoms with E-state index in [0.717, 1.165) is 34.6 Å². The third kappa shape index (κ3) is 4.82. The van der Waals surface area contributed by atoms with E-state index in [1.54, 1.807) is 0 Å². The Balaban J connectivity index is 2.42. The van der Waals surface area contributed by atoms with E-state index in [-0.39, 0.29) is 11.2 Å². The maximum absolute atomic E-state index is 12.2. The van der Waals surface area contributed by atoms with Gasteiger partial charge in [0, 0.05) is 18.4 Å². The van der Waals surface area contributed by atoms with Gasteiger partial charge in [0.1, 0.15) is 11.5 Å². The van der Waals surface area contributed by atoms with Crippen LogP contribution in [0.25, 0.3) is 11.6 Å². The first-order chi connectivity index (χ1) is 11.9. The number of rotatable bonds is 6. The molecule has 0 amide bonds. The lowest BCUT2D eigenvalue weighted by atomic mass is 9.84. The van der Waals surface area contributed by atoms with Crippen molar-refractivity contribution in [3.05, 3.63) is 71.2 Å². The number of Topliss-reactive ketones (excluding diaryl/α,β-unsaturated/α-hetero) is 1. The van der Waals surface area contributed by atoms with Crippen molar-refractivity contribution in [2.45, 2.75) is 47.5 Å². The number of carbonyl (C=O) groups is 1. The van der Waals surface area contributed by atoms with E-state index in [9.17, 15) is 4.79 Å². The van der Waals surface area contributed by atoms with Gasteiger partial charge in [-0.2, -0.15) is 0 Å². The Kier molecular flexibility index (Phi) is 6.19. The lowest BCUT2D eigenvalue weighted by Crippen LogP contribution is -2.07. The normalized spacial score (nSPS) is 12.8. The smallest absolute Gasteiger partial charge is 0.166 e. The Morgan fingerprint density at radius 1 is 1.12 bits per heavy atom. The Labute approximate surface area is 151 Å². The fourth-order valence-electron chi connectivity index (χ4n) is 2.77. The minimum atomic E-state index is -0.0869. The van der Waals surface area contributed by atoms with Crippen LogP contribution in [0.2, 0.25) is 0 Å². The summed E-state index contributed by atoms with van der Waals surface area (Å²) in [6.07, 6.45) is 7.43. The average Bonchev–Trinajstić information content (AvgIpc) is 3.01. The fourth-order valence-corrected chi connectivity index (χ4v) is 2.77. The minimum absolute atomic E-state index is 0.0869. The van der Waals surface area contributed by atoms with Crippen LogP contribution in [0.5, 0.6) is 0 Å². The number of hydrogen-bond acceptors (Lipinski definition) is 2. The third-order valence-electron chi connectivity index (χ3n) is 4.18. The monoisotopic (exact) mass is 336 g/mol. The topological polar surface area (TPSA) is 30.2 Å². The number of hydrogen-bond donors (Lipinski definition) is 0. The molecule has 0 aliphatic heterocycles. The van der Waals surface area contributed by atoms with E-state index < -0.39 is 0 Å². The summed E-state index contributed by atoms with van der Waals surface area (Å²) in [5.74, 6) is 1.71. The van der Waals surface area contributed by atoms with Crippen molar-refractivity contribution in [2.24, 2.45) is 5.41 Å². The molecule has 0 aliphatic carbocycles. The number of carbonyl (C=O) groups excluding carboxylic acids is 1. The second kappa shape index (κ2) is 8.15. The van der Waals surface area contributed by atoms with Crippen molar-refractivity contribution in [2.75, 3.05) is 0 Å². The summed E-state index contributed by atoms with van der Waals surface area (Å²) < 4.78 is 6.06. The van der Waals surface area contributed by atoms with Crippen LogP contribution in [-0.4, -0.2) is 5.78 Å². The first kappa shape index (κ1) is 19.0. The molecule has 2 nitrogen and oxygen atoms in total. The number of furan rings is 1. The Morgan fingerprint density at radius 3 is 2.36 bits per heavy atom. The van der Waals surface area contributed by atoms with Crippen LogP contribution in [0.4, 0.5) is 0 Å². The molecule has 2 aromatic rings. The van der Waals surface area contributed by atoms with Crippen LogP contribution in [0, 0.1) is 5.41 Å². The first-order valence-corrected chi connectivity index (χ1v) is 8.97. The molecule has 0 atom stereocenters. The van der Waals surface area contributed by atoms with Crippen molar-refractivity contribution in [1.29, 1.82) is 0 Å². The Bertz CT molecular complexity index is 768. The molecule has 0 spiro atoms. The number of ketones is 1. The molecule has 0 saturated heterocycles. The van der Waals surface area contributed by atoms with Crippen molar-refractivity contribution < 1.29 is 9.21 Å². The van der Waals surface area contributed by atoms with Crippen LogP contribution in [0.15, 0.2) is 53.0 Å². The minimum Gasteiger partial charge on any atom is -0.461 e. The van der Waals surface area contributed by atoms with Gasteiger partial charge >= 0.3 is 0 Å². The lowest BCUT2D eigenvalue weighted by molar-refractivity contribution is 0.0986. The summed E-state index contributed by atoms with van der Waals surface area (Å²) >= 11 is 0. The molecule has 0 aliphatic rings. The molecule has 0 saturated carbocycles. The molecule has 2 heteroatoms. The zero-order valence-corrected chi connectivity index (χ0v) is 15.9. The summed E-state index contributed by atoms with van der Waals surface area (Å²) in [6.45, 7) is 10.4. The number of aryl methyl sites for hydroxylation is 1. The zero-order chi connectivity index (χ0) is 18.4. The van der Waals surface area contributed by atoms with Gasteiger partial charge in [-0.25, -0.2) is 0 Å². The highest BCUT2D eigenvalue weighted by atomic mass is 16.3. The second-order valence-electron chi connectivity index (χ2n) is 7.18. The Morgan fingerprint density at radius 2 is 1.80 bits per heavy atom. The molecule has 1 heterocycles. The number of benzene rings is 1. The van der Waals surface area contributed by atoms with Crippen LogP contribution in [0.3, 0.4) is 0 Å². The van der Waals surface area contributed by atoms with Crippen molar-refractivity contribution in [1.82, 2.24) is 0 Å². The Hall–Kier alpha value is -2.35. The summed E-state index contributed by atoms with van der Waals surface area (Å²) in [5.41, 5.74) is 2.88. The van der Waals surface area contributed by atoms with E-state index in [2.05, 4.69) is 45.1 Å². The van der Waals surface area contributed by atoms with Gasteiger partial charge in [0.25, 0.3) is 0 Å². The average molecular weight is 336 g/mol. The molecule has 0 N–H and O–H groups in total. The maximum atomic E-state index is 12.2. The molecule has 0 fully saturated rings. The fraction of sp³-hybridized carbons (Fsp3) is 0.348. The van der Waals surface area contributed by atoms with Gasteiger partial charge in [-0.1, -0.05) is 83.2 Å². The van der Waals surface area contributed by atoms with E-state index in [0.29, 0.717) is 6.42 Å². The standard InChI is InChI=1S/C23H28O2/c1-6-20(24)18-16-22(25-21(18)7-2)19(23(3,4)5)15-11-14-17-12-9-8-10-13-17/h8-16H,6-7H2,1-5H3/b14-11+,19-15+. The summed E-state index contributed by atoms with van der Waals surface area (Å²) in [5, 5.41) is 0. The predicted molar refractivity (Wildman–Crippen MR) is 106 cm³/mol. The van der Waals surface area contributed by atoms with Crippen LogP contribution < -0.4 is 0 Å². The lowest BCUT2D eigenvalue weighted by Gasteiger charge is -2.21. The molecule has 25 heavy (non-hydrogen) atoms. The highest BCUT2D eigenvalue weighted by Gasteiger charge is 2.24. The first-order valence-electron chi connectivity index (χ1n) is 8.97. The van der Waals surface area contributed by atoms with Gasteiger partial charge in [0.2, 0.25) is 0 Å². The maximum Gasteiger partial charge on any atom is 0.166 e. The van der Waals surface area contributed by atoms with Crippen LogP contribution in [0.1, 0.15) is 68.5 Å². The largest absolute Gasteiger partial charge is 0.461 e. The molecule has 1 aromatic heterocycles. The molecule has 0 unspecified atom stereocenters. The highest BCUT2D eigenvalue weighted by molar-refractivity contribution is 5.97. The van der Waals surface area contributed by atoms with Crippen molar-refractivity contribution in [3.8, 4) is 0 Å². The van der Waals surface area contributed by atoms with Gasteiger partial charge in [-0.15, -0.1) is 0 Å². The van der Waals surface area contributed by atoms with E-state index in [1.165, 1.54) is 0 Å². The van der Waals surface area contributed by atoms with E-state index in [4.69, 9.17) is 4.42 Å². The molecule has 132 valence electrons. The van der Waals surface area contributed by atoms with E-state index in [1.807, 2.05) is 44.2 Å². The van der Waals surface area contributed by atoms with Gasteiger partial charge in [-0.05, 0) is 17.0 Å². The van der Waals surface area contributed by atoms with Gasteiger partial charge in [0.15, 0.2) is 5.78 Å². The predicted octanol–water partition coefficient (Wildman–Crippen LogP) is 6.58. The van der Waals surface area contributed by atoms with Crippen LogP contribution >= 0.6 is 0 Å². The summed E-state index contributed by atoms with van der Waals surface area (Å²) in [6, 6.07) is 12.1. The molecular weight excluding hydrogens is 308 g/mol. The van der Waals surface area contributed by atoms with E-state index >= 15 is 0 Å². The molecule has 1 aromatic carbocycles. The quantitative estimate of drug-likeness (QED) is 0.440. The SMILES string of the molecule is CCC(=O)c1cc(/C(=C\C=C\c2ccccc2)C(C)(C)C)oc1CC. The molecule has 0 bridgehead atoms. The molecular formula is C23H28O2. The van der Waals surface area contributed by atoms with Crippen LogP contribution in [-0.2, 0) is 6.42 Å². The van der Waals surface area contributed by atoms with Gasteiger partial charge in [0.05, 0.1) is 5.56 Å². The highest BCUT2D eigenvalue weighted by Crippen LogP contribution is 2.36.